The first-order valence-electron chi connectivity index (χ1n) is 27.5. The number of anilines is 2. The highest BCUT2D eigenvalue weighted by Gasteiger charge is 2.50. The van der Waals surface area contributed by atoms with Gasteiger partial charge in [-0.15, -0.1) is 0 Å². The lowest BCUT2D eigenvalue weighted by Gasteiger charge is -2.58. The first-order valence-corrected chi connectivity index (χ1v) is 29.0. The number of H-pyrrole nitrogens is 1. The molecule has 5 aliphatic rings. The summed E-state index contributed by atoms with van der Waals surface area (Å²) in [6.45, 7) is 12.0. The van der Waals surface area contributed by atoms with Crippen molar-refractivity contribution >= 4 is 44.0 Å². The van der Waals surface area contributed by atoms with E-state index in [4.69, 9.17) is 14.2 Å². The van der Waals surface area contributed by atoms with Crippen molar-refractivity contribution < 1.29 is 37.5 Å². The van der Waals surface area contributed by atoms with Crippen LogP contribution in [0, 0.1) is 21.4 Å². The zero-order valence-electron chi connectivity index (χ0n) is 44.6. The third kappa shape index (κ3) is 12.0. The summed E-state index contributed by atoms with van der Waals surface area (Å²) in [5.74, 6) is 0.607. The smallest absolute Gasteiger partial charge is 0.293 e. The summed E-state index contributed by atoms with van der Waals surface area (Å²) >= 11 is 0. The lowest BCUT2D eigenvalue weighted by molar-refractivity contribution is -0.384. The summed E-state index contributed by atoms with van der Waals surface area (Å²) in [5.41, 5.74) is 4.80. The lowest BCUT2D eigenvalue weighted by atomic mass is 9.59. The van der Waals surface area contributed by atoms with Crippen molar-refractivity contribution in [1.29, 1.82) is 0 Å². The molecule has 11 rings (SSSR count). The summed E-state index contributed by atoms with van der Waals surface area (Å²) < 4.78 is 47.5. The monoisotopic (exact) mass is 1080 g/mol. The Hall–Kier alpha value is -6.61. The number of carbonyl (C=O) groups excluding carboxylic acids is 1. The minimum absolute atomic E-state index is 0.0313. The van der Waals surface area contributed by atoms with E-state index in [0.717, 1.165) is 134 Å². The van der Waals surface area contributed by atoms with Gasteiger partial charge in [-0.05, 0) is 135 Å². The number of ether oxygens (including phenoxy) is 3. The van der Waals surface area contributed by atoms with Crippen molar-refractivity contribution in [3.05, 3.63) is 142 Å². The number of morpholine rings is 1. The third-order valence-corrected chi connectivity index (χ3v) is 18.6. The van der Waals surface area contributed by atoms with E-state index in [1.165, 1.54) is 28.8 Å². The second-order valence-corrected chi connectivity index (χ2v) is 24.2. The molecule has 4 aromatic carbocycles. The van der Waals surface area contributed by atoms with Gasteiger partial charge in [0.05, 0.1) is 47.5 Å². The van der Waals surface area contributed by atoms with E-state index < -0.39 is 37.0 Å². The third-order valence-electron chi connectivity index (χ3n) is 17.3. The molecule has 2 aliphatic carbocycles. The van der Waals surface area contributed by atoms with Crippen LogP contribution in [0.3, 0.4) is 0 Å². The lowest BCUT2D eigenvalue weighted by Crippen LogP contribution is -2.60. The largest absolute Gasteiger partial charge is 0.497 e. The van der Waals surface area contributed by atoms with Crippen molar-refractivity contribution in [3.8, 4) is 17.2 Å². The predicted octanol–water partition coefficient (Wildman–Crippen LogP) is 8.88. The first kappa shape index (κ1) is 53.4. The number of methoxy groups -OCH3 is 1. The van der Waals surface area contributed by atoms with Gasteiger partial charge in [0.15, 0.2) is 0 Å². The summed E-state index contributed by atoms with van der Waals surface area (Å²) in [6, 6.07) is 30.6. The van der Waals surface area contributed by atoms with Crippen molar-refractivity contribution in [3.63, 3.8) is 0 Å². The molecule has 412 valence electrons. The summed E-state index contributed by atoms with van der Waals surface area (Å²) in [6.07, 6.45) is 10.4. The summed E-state index contributed by atoms with van der Waals surface area (Å²) in [7, 11) is -2.89. The molecule has 5 heterocycles. The fourth-order valence-electron chi connectivity index (χ4n) is 12.6. The van der Waals surface area contributed by atoms with Crippen LogP contribution in [0.25, 0.3) is 11.0 Å². The molecule has 1 unspecified atom stereocenters. The summed E-state index contributed by atoms with van der Waals surface area (Å²) in [4.78, 5) is 43.2. The molecule has 3 aliphatic heterocycles. The standard InChI is InChI=1S/C59H71N9O9S/c1-58(70)18-15-41(16-19-58)36-61-52-14-12-49(33-53(52)68(71)72)78(73,74)63-57(69)51-13-9-45(32-55(51)77-48-31-43-17-22-60-56(43)62-37-48)66-23-20-59(21-24-66)34-46(35-59)67-26-25-65(38-42-7-10-47(75-2)11-8-42)40-54(67)50-6-4-3-5-44(50)39-64-27-29-76-30-28-64/h3-14,17,22,31-33,37,41,46,54,61,70H,15-16,18-21,23-30,34-36,38-40H2,1-2H3,(H,60,62)(H,63,69)/t41-,54?,58-. The van der Waals surface area contributed by atoms with Crippen LogP contribution in [0.5, 0.6) is 17.2 Å². The quantitative estimate of drug-likeness (QED) is 0.0497. The molecule has 1 atom stereocenters. The number of aliphatic hydroxyl groups is 1. The molecular weight excluding hydrogens is 1010 g/mol. The Morgan fingerprint density at radius 3 is 2.41 bits per heavy atom. The zero-order valence-corrected chi connectivity index (χ0v) is 45.4. The van der Waals surface area contributed by atoms with E-state index in [9.17, 15) is 28.4 Å². The van der Waals surface area contributed by atoms with E-state index in [1.54, 1.807) is 37.7 Å². The molecule has 78 heavy (non-hydrogen) atoms. The second kappa shape index (κ2) is 22.6. The number of amides is 1. The minimum atomic E-state index is -4.60. The number of carbonyl (C=O) groups is 1. The van der Waals surface area contributed by atoms with Crippen LogP contribution in [0.4, 0.5) is 17.1 Å². The van der Waals surface area contributed by atoms with Crippen LogP contribution < -0.4 is 24.4 Å². The molecule has 2 saturated carbocycles. The van der Waals surface area contributed by atoms with E-state index in [2.05, 4.69) is 76.0 Å². The topological polar surface area (TPSA) is 208 Å². The Morgan fingerprint density at radius 2 is 1.65 bits per heavy atom. The number of aromatic nitrogens is 2. The van der Waals surface area contributed by atoms with Gasteiger partial charge in [0.2, 0.25) is 0 Å². The van der Waals surface area contributed by atoms with Crippen LogP contribution in [0.2, 0.25) is 0 Å². The van der Waals surface area contributed by atoms with Crippen LogP contribution in [-0.4, -0.2) is 133 Å². The van der Waals surface area contributed by atoms with Crippen molar-refractivity contribution in [1.82, 2.24) is 29.4 Å². The number of rotatable bonds is 17. The number of fused-ring (bicyclic) bond motifs is 1. The van der Waals surface area contributed by atoms with E-state index in [1.807, 2.05) is 31.2 Å². The number of hydrogen-bond acceptors (Lipinski definition) is 15. The maximum atomic E-state index is 14.2. The van der Waals surface area contributed by atoms with Gasteiger partial charge in [0.25, 0.3) is 21.6 Å². The number of pyridine rings is 1. The highest BCUT2D eigenvalue weighted by molar-refractivity contribution is 7.90. The van der Waals surface area contributed by atoms with E-state index in [0.29, 0.717) is 36.8 Å². The number of piperazine rings is 1. The average Bonchev–Trinajstić information content (AvgIpc) is 4.04. The number of nitrogens with one attached hydrogen (secondary N) is 3. The molecule has 4 N–H and O–H groups in total. The zero-order chi connectivity index (χ0) is 54.0. The van der Waals surface area contributed by atoms with Gasteiger partial charge in [0.1, 0.15) is 28.6 Å². The van der Waals surface area contributed by atoms with Crippen LogP contribution in [-0.2, 0) is 27.8 Å². The number of benzene rings is 4. The van der Waals surface area contributed by atoms with Crippen LogP contribution >= 0.6 is 0 Å². The van der Waals surface area contributed by atoms with Gasteiger partial charge in [-0.3, -0.25) is 29.6 Å². The number of hydrogen-bond donors (Lipinski definition) is 4. The van der Waals surface area contributed by atoms with Crippen molar-refractivity contribution in [2.75, 3.05) is 82.9 Å². The Labute approximate surface area is 456 Å². The van der Waals surface area contributed by atoms with Gasteiger partial charge in [-0.2, -0.15) is 0 Å². The number of piperidine rings is 1. The van der Waals surface area contributed by atoms with E-state index in [-0.39, 0.29) is 34.4 Å². The van der Waals surface area contributed by atoms with Crippen LogP contribution in [0.15, 0.2) is 114 Å². The molecule has 1 amide bonds. The normalized spacial score (nSPS) is 22.5. The Kier molecular flexibility index (Phi) is 15.5. The molecule has 0 radical (unpaired) electrons. The number of aromatic amines is 1. The second-order valence-electron chi connectivity index (χ2n) is 22.5. The highest BCUT2D eigenvalue weighted by Crippen LogP contribution is 2.53. The fourth-order valence-corrected chi connectivity index (χ4v) is 13.6. The number of nitro benzene ring substituents is 1. The fraction of sp³-hybridized carbons (Fsp3) is 0.458. The molecule has 0 bridgehead atoms. The summed E-state index contributed by atoms with van der Waals surface area (Å²) in [5, 5.41) is 26.5. The SMILES string of the molecule is COc1ccc(CN2CCN(C3CC4(CCN(c5ccc(C(=O)NS(=O)(=O)c6ccc(NC[C@H]7CC[C@](C)(O)CC7)c([N+](=O)[O-])c6)c(Oc6cnc7[nH]ccc7c6)c5)CC4)C3)C(c3ccccc3CN3CCOCC3)C2)cc1. The molecule has 6 aromatic rings. The number of nitrogens with zero attached hydrogens (tertiary/aromatic N) is 6. The minimum Gasteiger partial charge on any atom is -0.497 e. The van der Waals surface area contributed by atoms with E-state index >= 15 is 0 Å². The van der Waals surface area contributed by atoms with Gasteiger partial charge >= 0.3 is 0 Å². The Balaban J connectivity index is 0.781. The molecule has 3 saturated heterocycles. The first-order chi connectivity index (χ1) is 37.7. The predicted molar refractivity (Wildman–Crippen MR) is 299 cm³/mol. The van der Waals surface area contributed by atoms with Gasteiger partial charge < -0.3 is 34.5 Å². The molecule has 19 heteroatoms. The van der Waals surface area contributed by atoms with Crippen LogP contribution in [0.1, 0.15) is 91.4 Å². The Bertz CT molecular complexity index is 3210. The van der Waals surface area contributed by atoms with Crippen molar-refractivity contribution in [2.24, 2.45) is 11.3 Å². The Morgan fingerprint density at radius 1 is 0.885 bits per heavy atom. The molecule has 2 aromatic heterocycles. The number of sulfonamides is 1. The maximum absolute atomic E-state index is 14.2. The van der Waals surface area contributed by atoms with Gasteiger partial charge in [-0.1, -0.05) is 36.4 Å². The molecule has 18 nitrogen and oxygen atoms in total. The molecule has 5 fully saturated rings. The number of nitro groups is 1. The average molecular weight is 1080 g/mol. The maximum Gasteiger partial charge on any atom is 0.293 e. The van der Waals surface area contributed by atoms with Gasteiger partial charge in [0, 0.05) is 107 Å². The molecule has 1 spiro atoms. The molecular formula is C59H71N9O9S. The van der Waals surface area contributed by atoms with Gasteiger partial charge in [-0.25, -0.2) is 18.1 Å². The highest BCUT2D eigenvalue weighted by atomic mass is 32.2. The van der Waals surface area contributed by atoms with Crippen molar-refractivity contribution in [2.45, 2.75) is 94.0 Å².